The van der Waals surface area contributed by atoms with E-state index in [1.807, 2.05) is 0 Å². The van der Waals surface area contributed by atoms with E-state index in [4.69, 9.17) is 4.98 Å². The molecule has 0 fully saturated rings. The Kier molecular flexibility index (Phi) is 15.4. The SMILES string of the molecule is Br.CCCCCCCCc1c[nH]c(CCCCCCCC)n1. The highest BCUT2D eigenvalue weighted by atomic mass is 79.9. The summed E-state index contributed by atoms with van der Waals surface area (Å²) in [4.78, 5) is 8.08. The lowest BCUT2D eigenvalue weighted by molar-refractivity contribution is 0.599. The van der Waals surface area contributed by atoms with Crippen molar-refractivity contribution in [1.82, 2.24) is 9.97 Å². The molecule has 1 heterocycles. The van der Waals surface area contributed by atoms with Gasteiger partial charge in [0.15, 0.2) is 0 Å². The van der Waals surface area contributed by atoms with E-state index in [2.05, 4.69) is 25.0 Å². The largest absolute Gasteiger partial charge is 0.348 e. The van der Waals surface area contributed by atoms with Crippen molar-refractivity contribution in [2.45, 2.75) is 104 Å². The van der Waals surface area contributed by atoms with Crippen LogP contribution in [0.15, 0.2) is 6.20 Å². The molecule has 1 N–H and O–H groups in total. The first kappa shape index (κ1) is 21.7. The third kappa shape index (κ3) is 11.3. The van der Waals surface area contributed by atoms with Crippen LogP contribution in [0.1, 0.15) is 102 Å². The number of imidazole rings is 1. The molecule has 0 bridgehead atoms. The molecule has 0 atom stereocenters. The number of aryl methyl sites for hydroxylation is 2. The summed E-state index contributed by atoms with van der Waals surface area (Å²) >= 11 is 0. The molecular weight excluding hydrogens is 336 g/mol. The van der Waals surface area contributed by atoms with Crippen molar-refractivity contribution in [3.05, 3.63) is 17.7 Å². The molecular formula is C19H37BrN2. The van der Waals surface area contributed by atoms with Crippen molar-refractivity contribution in [2.75, 3.05) is 0 Å². The number of aromatic nitrogens is 2. The predicted octanol–water partition coefficient (Wildman–Crippen LogP) is 6.79. The van der Waals surface area contributed by atoms with Crippen LogP contribution >= 0.6 is 17.0 Å². The van der Waals surface area contributed by atoms with E-state index in [9.17, 15) is 0 Å². The molecule has 1 aromatic rings. The second-order valence-electron chi connectivity index (χ2n) is 6.37. The molecule has 22 heavy (non-hydrogen) atoms. The van der Waals surface area contributed by atoms with Gasteiger partial charge in [0.25, 0.3) is 0 Å². The second kappa shape index (κ2) is 15.6. The highest BCUT2D eigenvalue weighted by Crippen LogP contribution is 2.11. The Morgan fingerprint density at radius 2 is 1.23 bits per heavy atom. The average molecular weight is 373 g/mol. The van der Waals surface area contributed by atoms with Gasteiger partial charge in [0, 0.05) is 12.6 Å². The maximum atomic E-state index is 4.72. The molecule has 3 heteroatoms. The lowest BCUT2D eigenvalue weighted by Gasteiger charge is -1.99. The van der Waals surface area contributed by atoms with E-state index in [1.54, 1.807) is 0 Å². The summed E-state index contributed by atoms with van der Waals surface area (Å²) in [7, 11) is 0. The monoisotopic (exact) mass is 372 g/mol. The maximum Gasteiger partial charge on any atom is 0.106 e. The molecule has 0 aromatic carbocycles. The molecule has 2 nitrogen and oxygen atoms in total. The van der Waals surface area contributed by atoms with Gasteiger partial charge < -0.3 is 4.98 Å². The summed E-state index contributed by atoms with van der Waals surface area (Å²) in [5.41, 5.74) is 1.27. The zero-order valence-electron chi connectivity index (χ0n) is 14.8. The van der Waals surface area contributed by atoms with Crippen molar-refractivity contribution in [3.8, 4) is 0 Å². The Morgan fingerprint density at radius 3 is 1.82 bits per heavy atom. The standard InChI is InChI=1S/C19H36N2.BrH/c1-3-5-7-9-11-13-15-18-17-20-19(21-18)16-14-12-10-8-6-4-2;/h17H,3-16H2,1-2H3,(H,20,21);1H. The summed E-state index contributed by atoms with van der Waals surface area (Å²) in [6.07, 6.45) is 20.7. The molecule has 1 rings (SSSR count). The van der Waals surface area contributed by atoms with Gasteiger partial charge in [-0.2, -0.15) is 0 Å². The fraction of sp³-hybridized carbons (Fsp3) is 0.842. The highest BCUT2D eigenvalue weighted by Gasteiger charge is 2.01. The Bertz CT molecular complexity index is 305. The van der Waals surface area contributed by atoms with Crippen LogP contribution in [0.4, 0.5) is 0 Å². The number of nitrogens with one attached hydrogen (secondary N) is 1. The number of unbranched alkanes of at least 4 members (excludes halogenated alkanes) is 10. The van der Waals surface area contributed by atoms with E-state index < -0.39 is 0 Å². The minimum Gasteiger partial charge on any atom is -0.348 e. The summed E-state index contributed by atoms with van der Waals surface area (Å²) in [5.74, 6) is 1.20. The van der Waals surface area contributed by atoms with Gasteiger partial charge in [-0.15, -0.1) is 17.0 Å². The van der Waals surface area contributed by atoms with Crippen LogP contribution in [-0.4, -0.2) is 9.97 Å². The van der Waals surface area contributed by atoms with Gasteiger partial charge in [-0.1, -0.05) is 78.1 Å². The molecule has 0 aliphatic rings. The van der Waals surface area contributed by atoms with Gasteiger partial charge in [0.05, 0.1) is 5.69 Å². The van der Waals surface area contributed by atoms with Crippen molar-refractivity contribution < 1.29 is 0 Å². The first-order valence-corrected chi connectivity index (χ1v) is 9.40. The van der Waals surface area contributed by atoms with E-state index in [1.165, 1.54) is 88.6 Å². The van der Waals surface area contributed by atoms with E-state index in [0.29, 0.717) is 0 Å². The fourth-order valence-corrected chi connectivity index (χ4v) is 2.82. The Hall–Kier alpha value is -0.310. The molecule has 0 spiro atoms. The van der Waals surface area contributed by atoms with Crippen molar-refractivity contribution in [1.29, 1.82) is 0 Å². The third-order valence-electron chi connectivity index (χ3n) is 4.24. The minimum absolute atomic E-state index is 0. The Labute approximate surface area is 148 Å². The van der Waals surface area contributed by atoms with Crippen LogP contribution in [0, 0.1) is 0 Å². The van der Waals surface area contributed by atoms with Gasteiger partial charge in [0.2, 0.25) is 0 Å². The smallest absolute Gasteiger partial charge is 0.106 e. The van der Waals surface area contributed by atoms with Crippen molar-refractivity contribution >= 4 is 17.0 Å². The summed E-state index contributed by atoms with van der Waals surface area (Å²) in [6, 6.07) is 0. The molecule has 0 saturated carbocycles. The summed E-state index contributed by atoms with van der Waals surface area (Å²) in [6.45, 7) is 4.54. The molecule has 1 aromatic heterocycles. The molecule has 0 amide bonds. The lowest BCUT2D eigenvalue weighted by Crippen LogP contribution is -1.91. The number of H-pyrrole nitrogens is 1. The minimum atomic E-state index is 0. The molecule has 0 saturated heterocycles. The average Bonchev–Trinajstić information content (AvgIpc) is 2.94. The van der Waals surface area contributed by atoms with Gasteiger partial charge >= 0.3 is 0 Å². The molecule has 0 aliphatic heterocycles. The highest BCUT2D eigenvalue weighted by molar-refractivity contribution is 8.93. The number of rotatable bonds is 14. The van der Waals surface area contributed by atoms with Crippen LogP contribution in [0.3, 0.4) is 0 Å². The van der Waals surface area contributed by atoms with Crippen LogP contribution in [0.2, 0.25) is 0 Å². The number of hydrogen-bond acceptors (Lipinski definition) is 1. The lowest BCUT2D eigenvalue weighted by atomic mass is 10.1. The van der Waals surface area contributed by atoms with E-state index in [0.717, 1.165) is 12.8 Å². The van der Waals surface area contributed by atoms with Gasteiger partial charge in [-0.25, -0.2) is 4.98 Å². The van der Waals surface area contributed by atoms with E-state index >= 15 is 0 Å². The first-order valence-electron chi connectivity index (χ1n) is 9.40. The normalized spacial score (nSPS) is 10.6. The third-order valence-corrected chi connectivity index (χ3v) is 4.24. The van der Waals surface area contributed by atoms with Crippen molar-refractivity contribution in [2.24, 2.45) is 0 Å². The number of aromatic amines is 1. The molecule has 0 radical (unpaired) electrons. The Morgan fingerprint density at radius 1 is 0.727 bits per heavy atom. The summed E-state index contributed by atoms with van der Waals surface area (Å²) in [5, 5.41) is 0. The van der Waals surface area contributed by atoms with Crippen LogP contribution in [0.25, 0.3) is 0 Å². The van der Waals surface area contributed by atoms with Crippen LogP contribution in [0.5, 0.6) is 0 Å². The molecule has 0 unspecified atom stereocenters. The number of nitrogens with zero attached hydrogens (tertiary/aromatic N) is 1. The van der Waals surface area contributed by atoms with E-state index in [-0.39, 0.29) is 17.0 Å². The number of hydrogen-bond donors (Lipinski definition) is 1. The zero-order chi connectivity index (χ0) is 15.2. The molecule has 0 aliphatic carbocycles. The van der Waals surface area contributed by atoms with Gasteiger partial charge in [0.1, 0.15) is 5.82 Å². The van der Waals surface area contributed by atoms with Crippen LogP contribution in [-0.2, 0) is 12.8 Å². The predicted molar refractivity (Wildman–Crippen MR) is 103 cm³/mol. The summed E-state index contributed by atoms with van der Waals surface area (Å²) < 4.78 is 0. The zero-order valence-corrected chi connectivity index (χ0v) is 16.5. The first-order chi connectivity index (χ1) is 10.4. The Balaban J connectivity index is 0.00000441. The second-order valence-corrected chi connectivity index (χ2v) is 6.37. The fourth-order valence-electron chi connectivity index (χ4n) is 2.82. The van der Waals surface area contributed by atoms with Crippen LogP contribution < -0.4 is 0 Å². The van der Waals surface area contributed by atoms with Gasteiger partial charge in [-0.3, -0.25) is 0 Å². The number of halogens is 1. The topological polar surface area (TPSA) is 28.7 Å². The molecule has 130 valence electrons. The quantitative estimate of drug-likeness (QED) is 0.357. The van der Waals surface area contributed by atoms with Gasteiger partial charge in [-0.05, 0) is 19.3 Å². The maximum absolute atomic E-state index is 4.72. The van der Waals surface area contributed by atoms with Crippen molar-refractivity contribution in [3.63, 3.8) is 0 Å².